The number of alkyl halides is 2. The molecule has 0 aliphatic carbocycles. The van der Waals surface area contributed by atoms with Crippen LogP contribution in [0.4, 0.5) is 20.3 Å². The molecule has 5 heterocycles. The van der Waals surface area contributed by atoms with E-state index in [4.69, 9.17) is 0 Å². The van der Waals surface area contributed by atoms with Gasteiger partial charge in [-0.15, -0.1) is 5.10 Å². The van der Waals surface area contributed by atoms with E-state index in [1.54, 1.807) is 16.6 Å². The summed E-state index contributed by atoms with van der Waals surface area (Å²) in [7, 11) is 1.53. The number of anilines is 2. The number of nitrogens with zero attached hydrogens (tertiary/aromatic N) is 5. The van der Waals surface area contributed by atoms with E-state index >= 15 is 0 Å². The molecule has 2 bridgehead atoms. The van der Waals surface area contributed by atoms with Crippen LogP contribution in [0.5, 0.6) is 0 Å². The fourth-order valence-corrected chi connectivity index (χ4v) is 4.25. The van der Waals surface area contributed by atoms with Gasteiger partial charge in [0.2, 0.25) is 0 Å². The molecule has 2 aliphatic rings. The van der Waals surface area contributed by atoms with Gasteiger partial charge >= 0.3 is 0 Å². The summed E-state index contributed by atoms with van der Waals surface area (Å²) in [6.45, 7) is 1.76. The Balaban J connectivity index is 1.44. The molecule has 10 heteroatoms. The number of carbonyl (C=O) groups is 1. The Morgan fingerprint density at radius 2 is 1.90 bits per heavy atom. The van der Waals surface area contributed by atoms with Crippen molar-refractivity contribution in [2.75, 3.05) is 23.3 Å². The maximum absolute atomic E-state index is 13.2. The Bertz CT molecular complexity index is 1060. The van der Waals surface area contributed by atoms with Crippen molar-refractivity contribution in [1.82, 2.24) is 24.7 Å². The predicted octanol–water partition coefficient (Wildman–Crippen LogP) is 2.20. The SMILES string of the molecule is Cn1cc(NC(=O)c2ccc3ccc(N4CC5CCC(C4)N5)nn23)c(C(F)F)n1. The lowest BCUT2D eigenvalue weighted by Crippen LogP contribution is -2.51. The van der Waals surface area contributed by atoms with Crippen LogP contribution in [0.1, 0.15) is 35.4 Å². The third-order valence-electron chi connectivity index (χ3n) is 5.58. The predicted molar refractivity (Wildman–Crippen MR) is 103 cm³/mol. The van der Waals surface area contributed by atoms with Gasteiger partial charge in [0.15, 0.2) is 5.69 Å². The largest absolute Gasteiger partial charge is 0.352 e. The fourth-order valence-electron chi connectivity index (χ4n) is 4.25. The molecule has 2 aliphatic heterocycles. The summed E-state index contributed by atoms with van der Waals surface area (Å²) in [5.74, 6) is 0.292. The third kappa shape index (κ3) is 3.23. The molecule has 0 saturated carbocycles. The number of carbonyl (C=O) groups excluding carboxylic acids is 1. The first-order valence-corrected chi connectivity index (χ1v) is 9.61. The molecule has 0 spiro atoms. The molecule has 3 aromatic heterocycles. The molecule has 8 nitrogen and oxygen atoms in total. The van der Waals surface area contributed by atoms with Gasteiger partial charge in [0, 0.05) is 38.4 Å². The van der Waals surface area contributed by atoms with Crippen LogP contribution in [0.15, 0.2) is 30.5 Å². The minimum absolute atomic E-state index is 0.00251. The number of hydrogen-bond acceptors (Lipinski definition) is 5. The topological polar surface area (TPSA) is 79.5 Å². The van der Waals surface area contributed by atoms with Gasteiger partial charge in [-0.1, -0.05) is 0 Å². The van der Waals surface area contributed by atoms with Crippen LogP contribution in [0, 0.1) is 0 Å². The quantitative estimate of drug-likeness (QED) is 0.701. The molecule has 29 heavy (non-hydrogen) atoms. The number of piperazine rings is 1. The second-order valence-electron chi connectivity index (χ2n) is 7.65. The Morgan fingerprint density at radius 1 is 1.17 bits per heavy atom. The lowest BCUT2D eigenvalue weighted by molar-refractivity contribution is 0.101. The molecule has 3 aromatic rings. The summed E-state index contributed by atoms with van der Waals surface area (Å²) in [6.07, 6.45) is 0.921. The van der Waals surface area contributed by atoms with Gasteiger partial charge in [-0.3, -0.25) is 9.48 Å². The van der Waals surface area contributed by atoms with E-state index in [9.17, 15) is 13.6 Å². The number of hydrogen-bond donors (Lipinski definition) is 2. The zero-order valence-electron chi connectivity index (χ0n) is 15.8. The van der Waals surface area contributed by atoms with E-state index < -0.39 is 18.0 Å². The van der Waals surface area contributed by atoms with Crippen molar-refractivity contribution in [2.24, 2.45) is 7.05 Å². The van der Waals surface area contributed by atoms with Crippen LogP contribution in [-0.4, -0.2) is 50.5 Å². The highest BCUT2D eigenvalue weighted by Crippen LogP contribution is 2.27. The maximum Gasteiger partial charge on any atom is 0.284 e. The Kier molecular flexibility index (Phi) is 4.23. The lowest BCUT2D eigenvalue weighted by Gasteiger charge is -2.33. The first kappa shape index (κ1) is 18.0. The van der Waals surface area contributed by atoms with E-state index in [-0.39, 0.29) is 11.4 Å². The van der Waals surface area contributed by atoms with Gasteiger partial charge in [0.05, 0.1) is 11.2 Å². The second kappa shape index (κ2) is 6.80. The number of rotatable bonds is 4. The highest BCUT2D eigenvalue weighted by atomic mass is 19.3. The molecule has 2 unspecified atom stereocenters. The molecule has 5 rings (SSSR count). The van der Waals surface area contributed by atoms with E-state index in [1.807, 2.05) is 12.1 Å². The van der Waals surface area contributed by atoms with Crippen molar-refractivity contribution in [2.45, 2.75) is 31.4 Å². The molecular weight excluding hydrogens is 380 g/mol. The summed E-state index contributed by atoms with van der Waals surface area (Å²) in [5, 5.41) is 14.5. The Morgan fingerprint density at radius 3 is 2.62 bits per heavy atom. The van der Waals surface area contributed by atoms with Crippen molar-refractivity contribution in [1.29, 1.82) is 0 Å². The van der Waals surface area contributed by atoms with Crippen LogP contribution < -0.4 is 15.5 Å². The molecule has 152 valence electrons. The van der Waals surface area contributed by atoms with E-state index in [2.05, 4.69) is 25.7 Å². The fraction of sp³-hybridized carbons (Fsp3) is 0.421. The number of aryl methyl sites for hydroxylation is 1. The second-order valence-corrected chi connectivity index (χ2v) is 7.65. The number of nitrogens with one attached hydrogen (secondary N) is 2. The summed E-state index contributed by atoms with van der Waals surface area (Å²) >= 11 is 0. The lowest BCUT2D eigenvalue weighted by atomic mass is 10.2. The normalized spacial score (nSPS) is 21.3. The average molecular weight is 401 g/mol. The molecular formula is C19H21F2N7O. The first-order chi connectivity index (χ1) is 14.0. The zero-order chi connectivity index (χ0) is 20.1. The van der Waals surface area contributed by atoms with Crippen LogP contribution in [0.3, 0.4) is 0 Å². The molecule has 2 atom stereocenters. The zero-order valence-corrected chi connectivity index (χ0v) is 15.8. The van der Waals surface area contributed by atoms with Gasteiger partial charge in [0.1, 0.15) is 11.5 Å². The minimum atomic E-state index is -2.77. The van der Waals surface area contributed by atoms with Gasteiger partial charge in [-0.25, -0.2) is 13.3 Å². The molecule has 1 amide bonds. The van der Waals surface area contributed by atoms with Crippen LogP contribution in [0.2, 0.25) is 0 Å². The molecule has 2 fully saturated rings. The highest BCUT2D eigenvalue weighted by Gasteiger charge is 2.33. The number of aromatic nitrogens is 4. The van der Waals surface area contributed by atoms with Crippen molar-refractivity contribution >= 4 is 22.9 Å². The molecule has 2 N–H and O–H groups in total. The number of halogens is 2. The van der Waals surface area contributed by atoms with Crippen molar-refractivity contribution in [3.05, 3.63) is 41.9 Å². The summed E-state index contributed by atoms with van der Waals surface area (Å²) < 4.78 is 29.1. The van der Waals surface area contributed by atoms with E-state index in [1.165, 1.54) is 17.9 Å². The van der Waals surface area contributed by atoms with Gasteiger partial charge < -0.3 is 15.5 Å². The summed E-state index contributed by atoms with van der Waals surface area (Å²) in [4.78, 5) is 15.0. The van der Waals surface area contributed by atoms with Crippen molar-refractivity contribution in [3.8, 4) is 0 Å². The molecule has 0 radical (unpaired) electrons. The van der Waals surface area contributed by atoms with Crippen LogP contribution in [0.25, 0.3) is 5.52 Å². The minimum Gasteiger partial charge on any atom is -0.352 e. The smallest absolute Gasteiger partial charge is 0.284 e. The Hall–Kier alpha value is -3.01. The van der Waals surface area contributed by atoms with E-state index in [0.717, 1.165) is 37.3 Å². The molecule has 0 aromatic carbocycles. The third-order valence-corrected chi connectivity index (χ3v) is 5.58. The highest BCUT2D eigenvalue weighted by molar-refractivity contribution is 6.04. The van der Waals surface area contributed by atoms with Gasteiger partial charge in [0.25, 0.3) is 12.3 Å². The van der Waals surface area contributed by atoms with E-state index in [0.29, 0.717) is 12.1 Å². The van der Waals surface area contributed by atoms with Crippen molar-refractivity contribution in [3.63, 3.8) is 0 Å². The first-order valence-electron chi connectivity index (χ1n) is 9.61. The standard InChI is InChI=1S/C19H21F2N7O/c1-26-10-14(17(25-26)18(20)21)23-19(29)15-6-4-13-5-7-16(24-28(13)15)27-8-11-2-3-12(9-27)22-11/h4-7,10-12,18,22H,2-3,8-9H2,1H3,(H,23,29). The van der Waals surface area contributed by atoms with Crippen LogP contribution >= 0.6 is 0 Å². The number of fused-ring (bicyclic) bond motifs is 3. The molecule has 2 saturated heterocycles. The monoisotopic (exact) mass is 401 g/mol. The summed E-state index contributed by atoms with van der Waals surface area (Å²) in [5.41, 5.74) is 0.588. The van der Waals surface area contributed by atoms with Crippen molar-refractivity contribution < 1.29 is 13.6 Å². The number of amides is 1. The summed E-state index contributed by atoms with van der Waals surface area (Å²) in [6, 6.07) is 8.23. The Labute approximate surface area is 165 Å². The van der Waals surface area contributed by atoms with Crippen LogP contribution in [-0.2, 0) is 7.05 Å². The maximum atomic E-state index is 13.2. The van der Waals surface area contributed by atoms with Gasteiger partial charge in [-0.2, -0.15) is 5.10 Å². The van der Waals surface area contributed by atoms with Gasteiger partial charge in [-0.05, 0) is 37.1 Å². The average Bonchev–Trinajstić information content (AvgIpc) is 3.37.